The van der Waals surface area contributed by atoms with Crippen molar-refractivity contribution in [1.82, 2.24) is 4.98 Å². The van der Waals surface area contributed by atoms with Crippen LogP contribution in [0.5, 0.6) is 0 Å². The number of hydrogen-bond donors (Lipinski definition) is 0. The van der Waals surface area contributed by atoms with Gasteiger partial charge in [0.2, 0.25) is 0 Å². The van der Waals surface area contributed by atoms with Crippen molar-refractivity contribution in [2.24, 2.45) is 5.92 Å². The molecule has 0 N–H and O–H groups in total. The van der Waals surface area contributed by atoms with Crippen molar-refractivity contribution in [3.05, 3.63) is 17.3 Å². The van der Waals surface area contributed by atoms with E-state index in [1.807, 2.05) is 20.8 Å². The highest BCUT2D eigenvalue weighted by molar-refractivity contribution is 5.93. The summed E-state index contributed by atoms with van der Waals surface area (Å²) < 4.78 is 11.3. The van der Waals surface area contributed by atoms with Crippen LogP contribution in [0.3, 0.4) is 0 Å². The number of carbonyl (C=O) groups excluding carboxylic acids is 2. The molecule has 0 saturated heterocycles. The van der Waals surface area contributed by atoms with Gasteiger partial charge in [0.1, 0.15) is 17.1 Å². The molecule has 0 spiro atoms. The van der Waals surface area contributed by atoms with Gasteiger partial charge >= 0.3 is 5.97 Å². The summed E-state index contributed by atoms with van der Waals surface area (Å²) in [6.45, 7) is 8.84. The second-order valence-electron chi connectivity index (χ2n) is 8.94. The second kappa shape index (κ2) is 9.52. The van der Waals surface area contributed by atoms with Crippen molar-refractivity contribution < 1.29 is 18.7 Å². The molecule has 5 heteroatoms. The molecule has 1 saturated carbocycles. The predicted octanol–water partition coefficient (Wildman–Crippen LogP) is 5.75. The first kappa shape index (κ1) is 21.6. The average Bonchev–Trinajstić information content (AvgIpc) is 2.95. The normalized spacial score (nSPS) is 16.9. The number of esters is 1. The highest BCUT2D eigenvalue weighted by Gasteiger charge is 2.27. The predicted molar refractivity (Wildman–Crippen MR) is 105 cm³/mol. The Morgan fingerprint density at radius 1 is 1.22 bits per heavy atom. The van der Waals surface area contributed by atoms with E-state index in [2.05, 4.69) is 4.98 Å². The number of oxazole rings is 1. The third-order valence-electron chi connectivity index (χ3n) is 5.22. The minimum atomic E-state index is -0.513. The summed E-state index contributed by atoms with van der Waals surface area (Å²) >= 11 is 0. The fourth-order valence-corrected chi connectivity index (χ4v) is 3.94. The van der Waals surface area contributed by atoms with Crippen molar-refractivity contribution in [3.8, 4) is 0 Å². The fraction of sp³-hybridized carbons (Fsp3) is 0.773. The number of aryl methyl sites for hydroxylation is 1. The molecule has 1 heterocycles. The van der Waals surface area contributed by atoms with Gasteiger partial charge in [-0.3, -0.25) is 9.59 Å². The number of ketones is 1. The molecular formula is C22H35NO4. The Balaban J connectivity index is 2.04. The summed E-state index contributed by atoms with van der Waals surface area (Å²) in [7, 11) is 0. The SMILES string of the molecule is CC(=O)c1nc([C@H](CCCC2CCCCC2)CC(=O)OC(C)(C)C)oc1C. The Kier molecular flexibility index (Phi) is 7.63. The molecular weight excluding hydrogens is 342 g/mol. The highest BCUT2D eigenvalue weighted by atomic mass is 16.6. The first-order chi connectivity index (χ1) is 12.7. The number of aromatic nitrogens is 1. The molecule has 1 aromatic heterocycles. The maximum absolute atomic E-state index is 12.4. The number of Topliss-reactive ketones (excluding diaryl/α,β-unsaturated/α-hetero) is 1. The Hall–Kier alpha value is -1.65. The minimum absolute atomic E-state index is 0.110. The van der Waals surface area contributed by atoms with Crippen LogP contribution in [0, 0.1) is 12.8 Å². The van der Waals surface area contributed by atoms with Crippen LogP contribution < -0.4 is 0 Å². The lowest BCUT2D eigenvalue weighted by atomic mass is 9.84. The van der Waals surface area contributed by atoms with Crippen molar-refractivity contribution in [1.29, 1.82) is 0 Å². The smallest absolute Gasteiger partial charge is 0.307 e. The largest absolute Gasteiger partial charge is 0.460 e. The molecule has 5 nitrogen and oxygen atoms in total. The molecule has 1 aromatic rings. The lowest BCUT2D eigenvalue weighted by Crippen LogP contribution is -2.25. The molecule has 1 aliphatic rings. The van der Waals surface area contributed by atoms with Crippen LogP contribution in [0.25, 0.3) is 0 Å². The van der Waals surface area contributed by atoms with Crippen LogP contribution in [0.1, 0.15) is 114 Å². The van der Waals surface area contributed by atoms with Crippen molar-refractivity contribution in [3.63, 3.8) is 0 Å². The standard InChI is InChI=1S/C22H35NO4/c1-15(24)20-16(2)26-21(23-20)18(14-19(25)27-22(3,4)5)13-9-12-17-10-7-6-8-11-17/h17-18H,6-14H2,1-5H3/t18-/m1/s1. The van der Waals surface area contributed by atoms with E-state index in [1.54, 1.807) is 6.92 Å². The maximum atomic E-state index is 12.4. The van der Waals surface area contributed by atoms with Gasteiger partial charge in [-0.15, -0.1) is 0 Å². The van der Waals surface area contributed by atoms with Crippen LogP contribution >= 0.6 is 0 Å². The molecule has 0 amide bonds. The minimum Gasteiger partial charge on any atom is -0.460 e. The molecule has 27 heavy (non-hydrogen) atoms. The Bertz CT molecular complexity index is 635. The van der Waals surface area contributed by atoms with Gasteiger partial charge in [-0.2, -0.15) is 0 Å². The van der Waals surface area contributed by atoms with Gasteiger partial charge in [0, 0.05) is 12.8 Å². The maximum Gasteiger partial charge on any atom is 0.307 e. The van der Waals surface area contributed by atoms with E-state index in [0.29, 0.717) is 17.3 Å². The summed E-state index contributed by atoms with van der Waals surface area (Å²) in [5, 5.41) is 0. The molecule has 1 aliphatic carbocycles. The molecule has 0 unspecified atom stereocenters. The molecule has 152 valence electrons. The third kappa shape index (κ3) is 7.11. The summed E-state index contributed by atoms with van der Waals surface area (Å²) in [6.07, 6.45) is 9.97. The molecule has 0 aromatic carbocycles. The zero-order chi connectivity index (χ0) is 20.0. The first-order valence-corrected chi connectivity index (χ1v) is 10.4. The molecule has 2 rings (SSSR count). The van der Waals surface area contributed by atoms with Gasteiger partial charge in [-0.1, -0.05) is 44.9 Å². The van der Waals surface area contributed by atoms with E-state index >= 15 is 0 Å². The quantitative estimate of drug-likeness (QED) is 0.426. The zero-order valence-corrected chi connectivity index (χ0v) is 17.6. The van der Waals surface area contributed by atoms with Gasteiger partial charge in [0.15, 0.2) is 11.7 Å². The number of nitrogens with zero attached hydrogens (tertiary/aromatic N) is 1. The summed E-state index contributed by atoms with van der Waals surface area (Å²) in [5.41, 5.74) is -0.146. The first-order valence-electron chi connectivity index (χ1n) is 10.4. The Labute approximate surface area is 163 Å². The summed E-state index contributed by atoms with van der Waals surface area (Å²) in [4.78, 5) is 28.5. The van der Waals surface area contributed by atoms with Crippen LogP contribution in [0.15, 0.2) is 4.42 Å². The monoisotopic (exact) mass is 377 g/mol. The van der Waals surface area contributed by atoms with Gasteiger partial charge < -0.3 is 9.15 Å². The van der Waals surface area contributed by atoms with Gasteiger partial charge in [-0.25, -0.2) is 4.98 Å². The lowest BCUT2D eigenvalue weighted by Gasteiger charge is -2.23. The number of ether oxygens (including phenoxy) is 1. The summed E-state index contributed by atoms with van der Waals surface area (Å²) in [5.74, 6) is 1.33. The molecule has 0 radical (unpaired) electrons. The van der Waals surface area contributed by atoms with E-state index in [4.69, 9.17) is 9.15 Å². The fourth-order valence-electron chi connectivity index (χ4n) is 3.94. The van der Waals surface area contributed by atoms with E-state index in [1.165, 1.54) is 45.4 Å². The lowest BCUT2D eigenvalue weighted by molar-refractivity contribution is -0.155. The Morgan fingerprint density at radius 2 is 1.89 bits per heavy atom. The van der Waals surface area contributed by atoms with Crippen LogP contribution in [-0.2, 0) is 9.53 Å². The van der Waals surface area contributed by atoms with E-state index in [0.717, 1.165) is 18.8 Å². The van der Waals surface area contributed by atoms with Crippen molar-refractivity contribution >= 4 is 11.8 Å². The number of carbonyl (C=O) groups is 2. The van der Waals surface area contributed by atoms with E-state index in [9.17, 15) is 9.59 Å². The average molecular weight is 378 g/mol. The van der Waals surface area contributed by atoms with Gasteiger partial charge in [0.05, 0.1) is 6.42 Å². The number of rotatable bonds is 8. The molecule has 1 atom stereocenters. The Morgan fingerprint density at radius 3 is 2.44 bits per heavy atom. The van der Waals surface area contributed by atoms with Crippen LogP contribution in [0.2, 0.25) is 0 Å². The molecule has 0 aliphatic heterocycles. The third-order valence-corrected chi connectivity index (χ3v) is 5.22. The van der Waals surface area contributed by atoms with Crippen molar-refractivity contribution in [2.75, 3.05) is 0 Å². The second-order valence-corrected chi connectivity index (χ2v) is 8.94. The van der Waals surface area contributed by atoms with Crippen LogP contribution in [-0.4, -0.2) is 22.3 Å². The van der Waals surface area contributed by atoms with Gasteiger partial charge in [0.25, 0.3) is 0 Å². The molecule has 1 fully saturated rings. The van der Waals surface area contributed by atoms with Gasteiger partial charge in [-0.05, 0) is 40.0 Å². The topological polar surface area (TPSA) is 69.4 Å². The molecule has 0 bridgehead atoms. The highest BCUT2D eigenvalue weighted by Crippen LogP contribution is 2.32. The van der Waals surface area contributed by atoms with Crippen LogP contribution in [0.4, 0.5) is 0 Å². The van der Waals surface area contributed by atoms with Crippen molar-refractivity contribution in [2.45, 2.75) is 104 Å². The zero-order valence-electron chi connectivity index (χ0n) is 17.6. The van der Waals surface area contributed by atoms with E-state index in [-0.39, 0.29) is 24.1 Å². The van der Waals surface area contributed by atoms with E-state index < -0.39 is 5.60 Å². The number of hydrogen-bond acceptors (Lipinski definition) is 5. The summed E-state index contributed by atoms with van der Waals surface area (Å²) in [6, 6.07) is 0.